The van der Waals surface area contributed by atoms with E-state index in [4.69, 9.17) is 40.5 Å². The first-order valence-electron chi connectivity index (χ1n) is 5.08. The summed E-state index contributed by atoms with van der Waals surface area (Å²) < 4.78 is 0. The predicted octanol–water partition coefficient (Wildman–Crippen LogP) is 3.87. The Labute approximate surface area is 135 Å². The number of nitrogens with one attached hydrogen (secondary N) is 1. The molecule has 3 N–H and O–H groups in total. The van der Waals surface area contributed by atoms with Gasteiger partial charge in [0.2, 0.25) is 0 Å². The summed E-state index contributed by atoms with van der Waals surface area (Å²) in [5.74, 6) is 0.662. The van der Waals surface area contributed by atoms with Crippen LogP contribution in [0.1, 0.15) is 5.56 Å². The Balaban J connectivity index is 2.37. The van der Waals surface area contributed by atoms with Crippen molar-refractivity contribution in [3.05, 3.63) is 33.3 Å². The van der Waals surface area contributed by atoms with Gasteiger partial charge in [-0.1, -0.05) is 34.8 Å². The van der Waals surface area contributed by atoms with Gasteiger partial charge in [0.15, 0.2) is 5.11 Å². The third kappa shape index (κ3) is 3.55. The molecule has 0 saturated heterocycles. The highest BCUT2D eigenvalue weighted by Gasteiger charge is 2.20. The molecule has 0 spiro atoms. The first kappa shape index (κ1) is 14.9. The molecule has 1 heterocycles. The lowest BCUT2D eigenvalue weighted by Gasteiger charge is -2.18. The van der Waals surface area contributed by atoms with E-state index in [1.54, 1.807) is 30.1 Å². The van der Waals surface area contributed by atoms with Gasteiger partial charge in [0.1, 0.15) is 0 Å². The third-order valence-corrected chi connectivity index (χ3v) is 4.64. The first-order valence-corrected chi connectivity index (χ1v) is 7.61. The second-order valence-corrected chi connectivity index (χ2v) is 6.27. The minimum Gasteiger partial charge on any atom is -0.375 e. The van der Waals surface area contributed by atoms with Crippen molar-refractivity contribution in [2.75, 3.05) is 5.75 Å². The summed E-state index contributed by atoms with van der Waals surface area (Å²) in [6.45, 7) is 0. The van der Waals surface area contributed by atoms with Gasteiger partial charge in [-0.15, -0.1) is 11.8 Å². The third-order valence-electron chi connectivity index (χ3n) is 2.29. The van der Waals surface area contributed by atoms with Crippen LogP contribution in [0, 0.1) is 0 Å². The maximum atomic E-state index is 6.34. The Morgan fingerprint density at radius 3 is 2.84 bits per heavy atom. The van der Waals surface area contributed by atoms with E-state index in [0.717, 1.165) is 16.0 Å². The summed E-state index contributed by atoms with van der Waals surface area (Å²) in [4.78, 5) is 0.926. The van der Waals surface area contributed by atoms with Gasteiger partial charge in [0.05, 0.1) is 16.3 Å². The van der Waals surface area contributed by atoms with Crippen LogP contribution < -0.4 is 11.2 Å². The van der Waals surface area contributed by atoms with Crippen LogP contribution in [0.3, 0.4) is 0 Å². The summed E-state index contributed by atoms with van der Waals surface area (Å²) >= 11 is 24.7. The second kappa shape index (κ2) is 6.33. The smallest absolute Gasteiger partial charge is 0.184 e. The zero-order valence-corrected chi connectivity index (χ0v) is 13.3. The van der Waals surface area contributed by atoms with Gasteiger partial charge in [-0.3, -0.25) is 5.43 Å². The van der Waals surface area contributed by atoms with Crippen LogP contribution >= 0.6 is 58.8 Å². The van der Waals surface area contributed by atoms with E-state index >= 15 is 0 Å². The molecule has 0 unspecified atom stereocenters. The molecule has 1 aromatic carbocycles. The summed E-state index contributed by atoms with van der Waals surface area (Å²) in [7, 11) is 0. The van der Waals surface area contributed by atoms with Crippen molar-refractivity contribution >= 4 is 75.1 Å². The lowest BCUT2D eigenvalue weighted by molar-refractivity contribution is 1.04. The lowest BCUT2D eigenvalue weighted by Crippen LogP contribution is -2.24. The van der Waals surface area contributed by atoms with Gasteiger partial charge < -0.3 is 5.73 Å². The van der Waals surface area contributed by atoms with E-state index in [-0.39, 0.29) is 5.11 Å². The summed E-state index contributed by atoms with van der Waals surface area (Å²) in [5, 5.41) is 5.72. The van der Waals surface area contributed by atoms with Crippen molar-refractivity contribution in [2.45, 2.75) is 4.90 Å². The van der Waals surface area contributed by atoms with Crippen molar-refractivity contribution in [1.82, 2.24) is 5.43 Å². The van der Waals surface area contributed by atoms with Crippen molar-refractivity contribution in [3.8, 4) is 0 Å². The normalized spacial score (nSPS) is 14.7. The number of nitrogens with two attached hydrogens (primary N) is 1. The molecule has 8 heteroatoms. The molecule has 0 amide bonds. The van der Waals surface area contributed by atoms with Crippen LogP contribution in [0.25, 0.3) is 5.03 Å². The van der Waals surface area contributed by atoms with Crippen LogP contribution in [-0.2, 0) is 0 Å². The molecule has 2 rings (SSSR count). The van der Waals surface area contributed by atoms with Crippen molar-refractivity contribution in [1.29, 1.82) is 0 Å². The number of hydrogen-bond acceptors (Lipinski definition) is 3. The molecule has 0 saturated carbocycles. The van der Waals surface area contributed by atoms with Gasteiger partial charge in [-0.05, 0) is 24.4 Å². The zero-order chi connectivity index (χ0) is 14.0. The number of fused-ring (bicyclic) bond motifs is 1. The number of hydrazone groups is 1. The average Bonchev–Trinajstić information content (AvgIpc) is 2.32. The number of thiocarbonyl (C=S) groups is 1. The van der Waals surface area contributed by atoms with Crippen molar-refractivity contribution < 1.29 is 0 Å². The average molecular weight is 353 g/mol. The topological polar surface area (TPSA) is 50.4 Å². The zero-order valence-electron chi connectivity index (χ0n) is 9.41. The maximum absolute atomic E-state index is 6.34. The predicted molar refractivity (Wildman–Crippen MR) is 88.4 cm³/mol. The molecule has 0 aliphatic carbocycles. The molecule has 100 valence electrons. The highest BCUT2D eigenvalue weighted by molar-refractivity contribution is 7.99. The molecule has 0 fully saturated rings. The van der Waals surface area contributed by atoms with E-state index in [0.29, 0.717) is 20.8 Å². The van der Waals surface area contributed by atoms with E-state index in [1.165, 1.54) is 0 Å². The van der Waals surface area contributed by atoms with Crippen molar-refractivity contribution in [2.24, 2.45) is 10.8 Å². The largest absolute Gasteiger partial charge is 0.375 e. The molecule has 1 aromatic rings. The van der Waals surface area contributed by atoms with Crippen LogP contribution in [0.15, 0.2) is 27.7 Å². The molecule has 0 aromatic heterocycles. The van der Waals surface area contributed by atoms with Crippen LogP contribution in [0.4, 0.5) is 0 Å². The van der Waals surface area contributed by atoms with Gasteiger partial charge in [-0.25, -0.2) is 0 Å². The monoisotopic (exact) mass is 351 g/mol. The standard InChI is InChI=1S/C11H8Cl3N3S2/c12-6-1-7-9(14)5(3-16-17-11(15)18)4-19-10(7)8(13)2-6/h1-3H,4H2,(H3,15,17,18)/b16-3+. The SMILES string of the molecule is NC(=S)N/N=C/C1=C(Cl)c2cc(Cl)cc(Cl)c2SC1. The number of rotatable bonds is 2. The van der Waals surface area contributed by atoms with Gasteiger partial charge in [0.25, 0.3) is 0 Å². The van der Waals surface area contributed by atoms with Crippen LogP contribution in [-0.4, -0.2) is 17.1 Å². The molecule has 1 aliphatic rings. The van der Waals surface area contributed by atoms with Crippen LogP contribution in [0.2, 0.25) is 10.0 Å². The fourth-order valence-corrected chi connectivity index (χ4v) is 3.67. The number of benzene rings is 1. The number of hydrogen-bond donors (Lipinski definition) is 2. The Morgan fingerprint density at radius 1 is 1.42 bits per heavy atom. The Hall–Kier alpha value is -0.460. The number of thioether (sulfide) groups is 1. The summed E-state index contributed by atoms with van der Waals surface area (Å²) in [6, 6.07) is 3.48. The Kier molecular flexibility index (Phi) is 4.97. The quantitative estimate of drug-likeness (QED) is 0.482. The molecule has 19 heavy (non-hydrogen) atoms. The lowest BCUT2D eigenvalue weighted by atomic mass is 10.1. The maximum Gasteiger partial charge on any atom is 0.184 e. The summed E-state index contributed by atoms with van der Waals surface area (Å²) in [5.41, 5.74) is 9.42. The molecule has 0 atom stereocenters. The molecular formula is C11H8Cl3N3S2. The second-order valence-electron chi connectivity index (χ2n) is 3.63. The summed E-state index contributed by atoms with van der Waals surface area (Å²) in [6.07, 6.45) is 1.59. The Bertz CT molecular complexity index is 599. The molecule has 0 bridgehead atoms. The first-order chi connectivity index (χ1) is 8.99. The van der Waals surface area contributed by atoms with E-state index < -0.39 is 0 Å². The fourth-order valence-electron chi connectivity index (χ4n) is 1.52. The highest BCUT2D eigenvalue weighted by Crippen LogP contribution is 2.43. The molecule has 1 aliphatic heterocycles. The minimum atomic E-state index is 0.0999. The molecular weight excluding hydrogens is 345 g/mol. The van der Waals surface area contributed by atoms with Crippen LogP contribution in [0.5, 0.6) is 0 Å². The molecule has 3 nitrogen and oxygen atoms in total. The molecule has 0 radical (unpaired) electrons. The van der Waals surface area contributed by atoms with E-state index in [2.05, 4.69) is 22.7 Å². The number of nitrogens with zero attached hydrogens (tertiary/aromatic N) is 1. The van der Waals surface area contributed by atoms with Crippen molar-refractivity contribution in [3.63, 3.8) is 0 Å². The van der Waals surface area contributed by atoms with Gasteiger partial charge >= 0.3 is 0 Å². The fraction of sp³-hybridized carbons (Fsp3) is 0.0909. The van der Waals surface area contributed by atoms with E-state index in [9.17, 15) is 0 Å². The van der Waals surface area contributed by atoms with E-state index in [1.807, 2.05) is 0 Å². The minimum absolute atomic E-state index is 0.0999. The number of halogens is 3. The van der Waals surface area contributed by atoms with Gasteiger partial charge in [0, 0.05) is 26.8 Å². The highest BCUT2D eigenvalue weighted by atomic mass is 35.5. The Morgan fingerprint density at radius 2 is 2.16 bits per heavy atom. The van der Waals surface area contributed by atoms with Gasteiger partial charge in [-0.2, -0.15) is 5.10 Å².